The number of ether oxygens (including phenoxy) is 2. The molecule has 0 fully saturated rings. The third kappa shape index (κ3) is 3.41. The van der Waals surface area contributed by atoms with Gasteiger partial charge in [0, 0.05) is 12.3 Å². The second kappa shape index (κ2) is 6.71. The maximum atomic E-state index is 11.6. The Morgan fingerprint density at radius 3 is 2.50 bits per heavy atom. The normalized spacial score (nSPS) is 11.5. The van der Waals surface area contributed by atoms with E-state index < -0.39 is 17.9 Å². The van der Waals surface area contributed by atoms with Gasteiger partial charge >= 0.3 is 11.9 Å². The molecule has 0 amide bonds. The predicted molar refractivity (Wildman–Crippen MR) is 78.1 cm³/mol. The van der Waals surface area contributed by atoms with Crippen molar-refractivity contribution in [2.75, 3.05) is 7.11 Å². The highest BCUT2D eigenvalue weighted by molar-refractivity contribution is 5.92. The summed E-state index contributed by atoms with van der Waals surface area (Å²) in [5.74, 6) is -1.73. The highest BCUT2D eigenvalue weighted by Crippen LogP contribution is 2.26. The van der Waals surface area contributed by atoms with E-state index >= 15 is 0 Å². The van der Waals surface area contributed by atoms with E-state index in [1.165, 1.54) is 19.4 Å². The van der Waals surface area contributed by atoms with Crippen LogP contribution in [0.1, 0.15) is 28.8 Å². The van der Waals surface area contributed by atoms with E-state index in [0.717, 1.165) is 0 Å². The Bertz CT molecular complexity index is 684. The molecule has 22 heavy (non-hydrogen) atoms. The number of hydrogen-bond donors (Lipinski definition) is 1. The summed E-state index contributed by atoms with van der Waals surface area (Å²) in [6.07, 6.45) is 1.32. The molecule has 6 nitrogen and oxygen atoms in total. The number of hydrogen-bond acceptors (Lipinski definition) is 5. The van der Waals surface area contributed by atoms with Gasteiger partial charge in [0.25, 0.3) is 0 Å². The van der Waals surface area contributed by atoms with Crippen molar-refractivity contribution < 1.29 is 24.2 Å². The molecule has 1 N–H and O–H groups in total. The molecule has 0 bridgehead atoms. The lowest BCUT2D eigenvalue weighted by atomic mass is 9.98. The number of pyridine rings is 1. The Balaban J connectivity index is 2.35. The van der Waals surface area contributed by atoms with E-state index in [1.54, 1.807) is 31.2 Å². The molecule has 1 atom stereocenters. The largest absolute Gasteiger partial charge is 0.478 e. The third-order valence-corrected chi connectivity index (χ3v) is 3.13. The molecule has 2 aromatic rings. The number of esters is 1. The molecule has 0 aliphatic rings. The molecule has 0 aliphatic heterocycles. The molecule has 0 radical (unpaired) electrons. The summed E-state index contributed by atoms with van der Waals surface area (Å²) in [5.41, 5.74) is 0.235. The van der Waals surface area contributed by atoms with Crippen molar-refractivity contribution in [1.29, 1.82) is 0 Å². The van der Waals surface area contributed by atoms with E-state index in [-0.39, 0.29) is 17.0 Å². The third-order valence-electron chi connectivity index (χ3n) is 3.13. The maximum Gasteiger partial charge on any atom is 0.336 e. The number of carbonyl (C=O) groups is 2. The second-order valence-electron chi connectivity index (χ2n) is 4.57. The van der Waals surface area contributed by atoms with Gasteiger partial charge in [-0.2, -0.15) is 0 Å². The highest BCUT2D eigenvalue weighted by atomic mass is 16.5. The summed E-state index contributed by atoms with van der Waals surface area (Å²) < 4.78 is 10.1. The van der Waals surface area contributed by atoms with Crippen molar-refractivity contribution in [3.05, 3.63) is 53.7 Å². The molecule has 0 spiro atoms. The van der Waals surface area contributed by atoms with Gasteiger partial charge < -0.3 is 14.6 Å². The number of aromatic carboxylic acids is 1. The lowest BCUT2D eigenvalue weighted by Gasteiger charge is -2.13. The first-order valence-electron chi connectivity index (χ1n) is 6.57. The van der Waals surface area contributed by atoms with Gasteiger partial charge in [-0.3, -0.25) is 4.79 Å². The van der Waals surface area contributed by atoms with Crippen LogP contribution in [-0.4, -0.2) is 29.1 Å². The van der Waals surface area contributed by atoms with Crippen LogP contribution in [0, 0.1) is 0 Å². The van der Waals surface area contributed by atoms with E-state index in [9.17, 15) is 14.7 Å². The minimum atomic E-state index is -1.16. The Hall–Kier alpha value is -2.89. The number of para-hydroxylation sites is 1. The minimum Gasteiger partial charge on any atom is -0.478 e. The molecular formula is C16H15NO5. The Labute approximate surface area is 127 Å². The van der Waals surface area contributed by atoms with E-state index in [0.29, 0.717) is 5.75 Å². The van der Waals surface area contributed by atoms with Crippen molar-refractivity contribution in [2.24, 2.45) is 0 Å². The van der Waals surface area contributed by atoms with Crippen LogP contribution < -0.4 is 4.74 Å². The zero-order valence-electron chi connectivity index (χ0n) is 12.1. The predicted octanol–water partition coefficient (Wildman–Crippen LogP) is 2.85. The molecule has 1 aromatic heterocycles. The fraction of sp³-hybridized carbons (Fsp3) is 0.188. The Morgan fingerprint density at radius 1 is 1.23 bits per heavy atom. The zero-order chi connectivity index (χ0) is 16.1. The average Bonchev–Trinajstić information content (AvgIpc) is 2.54. The fourth-order valence-electron chi connectivity index (χ4n) is 1.95. The van der Waals surface area contributed by atoms with Gasteiger partial charge in [0.2, 0.25) is 5.88 Å². The molecule has 0 saturated carbocycles. The molecule has 0 aliphatic carbocycles. The number of carboxylic acid groups (broad SMARTS) is 1. The lowest BCUT2D eigenvalue weighted by Crippen LogP contribution is -2.15. The molecule has 6 heteroatoms. The van der Waals surface area contributed by atoms with Gasteiger partial charge in [-0.05, 0) is 24.6 Å². The lowest BCUT2D eigenvalue weighted by molar-refractivity contribution is -0.142. The zero-order valence-corrected chi connectivity index (χ0v) is 12.1. The van der Waals surface area contributed by atoms with Gasteiger partial charge in [-0.15, -0.1) is 0 Å². The first-order valence-corrected chi connectivity index (χ1v) is 6.57. The molecule has 114 valence electrons. The Morgan fingerprint density at radius 2 is 1.91 bits per heavy atom. The quantitative estimate of drug-likeness (QED) is 0.855. The van der Waals surface area contributed by atoms with Crippen molar-refractivity contribution >= 4 is 11.9 Å². The van der Waals surface area contributed by atoms with Crippen molar-refractivity contribution in [3.8, 4) is 11.6 Å². The van der Waals surface area contributed by atoms with Gasteiger partial charge in [0.05, 0.1) is 18.6 Å². The topological polar surface area (TPSA) is 85.7 Å². The number of rotatable bonds is 5. The number of benzene rings is 1. The van der Waals surface area contributed by atoms with Crippen molar-refractivity contribution in [3.63, 3.8) is 0 Å². The monoisotopic (exact) mass is 301 g/mol. The van der Waals surface area contributed by atoms with Gasteiger partial charge in [0.15, 0.2) is 0 Å². The number of carbonyl (C=O) groups excluding carboxylic acids is 1. The molecule has 1 heterocycles. The van der Waals surface area contributed by atoms with Crippen LogP contribution in [0.2, 0.25) is 0 Å². The van der Waals surface area contributed by atoms with E-state index in [2.05, 4.69) is 9.72 Å². The minimum absolute atomic E-state index is 0.0427. The average molecular weight is 301 g/mol. The summed E-state index contributed by atoms with van der Waals surface area (Å²) >= 11 is 0. The van der Waals surface area contributed by atoms with Crippen LogP contribution >= 0.6 is 0 Å². The number of aromatic nitrogens is 1. The summed E-state index contributed by atoms with van der Waals surface area (Å²) in [7, 11) is 1.25. The molecular weight excluding hydrogens is 286 g/mol. The maximum absolute atomic E-state index is 11.6. The fourth-order valence-corrected chi connectivity index (χ4v) is 1.95. The first-order chi connectivity index (χ1) is 10.5. The molecule has 0 saturated heterocycles. The van der Waals surface area contributed by atoms with Crippen LogP contribution in [0.4, 0.5) is 0 Å². The van der Waals surface area contributed by atoms with E-state index in [4.69, 9.17) is 4.74 Å². The van der Waals surface area contributed by atoms with Crippen LogP contribution in [-0.2, 0) is 9.53 Å². The SMILES string of the molecule is COC(=O)C(C)c1cnc(Oc2ccccc2)cc1C(=O)O. The summed E-state index contributed by atoms with van der Waals surface area (Å²) in [6, 6.07) is 10.2. The first kappa shape index (κ1) is 15.5. The molecule has 2 rings (SSSR count). The van der Waals surface area contributed by atoms with Crippen LogP contribution in [0.15, 0.2) is 42.6 Å². The van der Waals surface area contributed by atoms with Crippen LogP contribution in [0.5, 0.6) is 11.6 Å². The summed E-state index contributed by atoms with van der Waals surface area (Å²) in [6.45, 7) is 1.56. The highest BCUT2D eigenvalue weighted by Gasteiger charge is 2.23. The van der Waals surface area contributed by atoms with Crippen LogP contribution in [0.25, 0.3) is 0 Å². The smallest absolute Gasteiger partial charge is 0.336 e. The molecule has 1 unspecified atom stereocenters. The number of nitrogens with zero attached hydrogens (tertiary/aromatic N) is 1. The van der Waals surface area contributed by atoms with Crippen molar-refractivity contribution in [1.82, 2.24) is 4.98 Å². The van der Waals surface area contributed by atoms with Crippen molar-refractivity contribution in [2.45, 2.75) is 12.8 Å². The Kier molecular flexibility index (Phi) is 4.73. The number of carboxylic acids is 1. The second-order valence-corrected chi connectivity index (χ2v) is 4.57. The van der Waals surface area contributed by atoms with Gasteiger partial charge in [-0.25, -0.2) is 9.78 Å². The number of methoxy groups -OCH3 is 1. The summed E-state index contributed by atoms with van der Waals surface area (Å²) in [5, 5.41) is 9.32. The molecule has 1 aromatic carbocycles. The van der Waals surface area contributed by atoms with Crippen LogP contribution in [0.3, 0.4) is 0 Å². The van der Waals surface area contributed by atoms with Gasteiger partial charge in [-0.1, -0.05) is 18.2 Å². The van der Waals surface area contributed by atoms with Gasteiger partial charge in [0.1, 0.15) is 5.75 Å². The standard InChI is InChI=1S/C16H15NO5/c1-10(16(20)21-2)13-9-17-14(8-12(13)15(18)19)22-11-6-4-3-5-7-11/h3-10H,1-2H3,(H,18,19). The van der Waals surface area contributed by atoms with E-state index in [1.807, 2.05) is 6.07 Å². The summed E-state index contributed by atoms with van der Waals surface area (Å²) in [4.78, 5) is 27.1.